The van der Waals surface area contributed by atoms with Crippen LogP contribution in [-0.2, 0) is 33.3 Å². The van der Waals surface area contributed by atoms with Crippen molar-refractivity contribution < 1.29 is 33.3 Å². The summed E-state index contributed by atoms with van der Waals surface area (Å²) in [4.78, 5) is 22.6. The molecular weight excluding hydrogens is 280 g/mol. The first kappa shape index (κ1) is 19.8. The van der Waals surface area contributed by atoms with Crippen molar-refractivity contribution in [3.63, 3.8) is 0 Å². The molecule has 0 aromatic heterocycles. The molecule has 0 aromatic carbocycles. The molecule has 0 aromatic rings. The molecule has 21 heavy (non-hydrogen) atoms. The van der Waals surface area contributed by atoms with Crippen LogP contribution in [0.25, 0.3) is 0 Å². The number of hydrogen-bond donors (Lipinski definition) is 0. The minimum Gasteiger partial charge on any atom is -0.463 e. The molecule has 0 aliphatic heterocycles. The first-order chi connectivity index (χ1) is 9.99. The van der Waals surface area contributed by atoms with Gasteiger partial charge in [-0.25, -0.2) is 0 Å². The summed E-state index contributed by atoms with van der Waals surface area (Å²) in [5.74, 6) is -0.652. The molecule has 0 saturated heterocycles. The van der Waals surface area contributed by atoms with Gasteiger partial charge in [0.1, 0.15) is 13.2 Å². The number of carbonyl (C=O) groups excluding carboxylic acids is 2. The minimum absolute atomic E-state index is 0.160. The maximum atomic E-state index is 11.3. The van der Waals surface area contributed by atoms with Crippen LogP contribution >= 0.6 is 0 Å². The second kappa shape index (κ2) is 12.6. The van der Waals surface area contributed by atoms with E-state index in [9.17, 15) is 9.59 Å². The van der Waals surface area contributed by atoms with Gasteiger partial charge < -0.3 is 23.7 Å². The average molecular weight is 306 g/mol. The number of ether oxygens (including phenoxy) is 5. The van der Waals surface area contributed by atoms with E-state index in [1.807, 2.05) is 0 Å². The Morgan fingerprint density at radius 3 is 1.48 bits per heavy atom. The maximum Gasteiger partial charge on any atom is 0.308 e. The highest BCUT2D eigenvalue weighted by Gasteiger charge is 2.10. The van der Waals surface area contributed by atoms with Crippen LogP contribution in [0.1, 0.15) is 26.7 Å². The smallest absolute Gasteiger partial charge is 0.308 e. The third kappa shape index (κ3) is 12.3. The highest BCUT2D eigenvalue weighted by atomic mass is 16.6. The predicted octanol–water partition coefficient (Wildman–Crippen LogP) is 0.939. The van der Waals surface area contributed by atoms with Crippen LogP contribution in [-0.4, -0.2) is 64.8 Å². The Kier molecular flexibility index (Phi) is 11.8. The summed E-state index contributed by atoms with van der Waals surface area (Å²) < 4.78 is 25.0. The van der Waals surface area contributed by atoms with Gasteiger partial charge in [-0.05, 0) is 13.8 Å². The van der Waals surface area contributed by atoms with E-state index in [1.165, 1.54) is 14.2 Å². The molecule has 0 fully saturated rings. The van der Waals surface area contributed by atoms with Gasteiger partial charge in [-0.3, -0.25) is 9.59 Å². The summed E-state index contributed by atoms with van der Waals surface area (Å²) in [6.45, 7) is 4.44. The van der Waals surface area contributed by atoms with Crippen LogP contribution in [0, 0.1) is 0 Å². The van der Waals surface area contributed by atoms with Crippen molar-refractivity contribution in [3.05, 3.63) is 0 Å². The zero-order valence-corrected chi connectivity index (χ0v) is 13.3. The van der Waals surface area contributed by atoms with Crippen molar-refractivity contribution in [1.82, 2.24) is 0 Å². The highest BCUT2D eigenvalue weighted by molar-refractivity contribution is 5.70. The van der Waals surface area contributed by atoms with Gasteiger partial charge in [-0.2, -0.15) is 0 Å². The number of carbonyl (C=O) groups is 2. The number of esters is 2. The van der Waals surface area contributed by atoms with Crippen molar-refractivity contribution >= 4 is 11.9 Å². The Labute approximate surface area is 125 Å². The Bertz CT molecular complexity index is 265. The maximum absolute atomic E-state index is 11.3. The lowest BCUT2D eigenvalue weighted by Gasteiger charge is -2.10. The zero-order valence-electron chi connectivity index (χ0n) is 13.3. The fourth-order valence-corrected chi connectivity index (χ4v) is 1.28. The Morgan fingerprint density at radius 2 is 1.14 bits per heavy atom. The van der Waals surface area contributed by atoms with Crippen molar-refractivity contribution in [1.29, 1.82) is 0 Å². The van der Waals surface area contributed by atoms with Gasteiger partial charge in [0.2, 0.25) is 0 Å². The quantitative estimate of drug-likeness (QED) is 0.392. The van der Waals surface area contributed by atoms with Crippen LogP contribution in [0.2, 0.25) is 0 Å². The minimum atomic E-state index is -0.326. The summed E-state index contributed by atoms with van der Waals surface area (Å²) in [6, 6.07) is 0. The lowest BCUT2D eigenvalue weighted by Crippen LogP contribution is -2.19. The van der Waals surface area contributed by atoms with Crippen LogP contribution in [0.3, 0.4) is 0 Å². The second-order valence-electron chi connectivity index (χ2n) is 4.55. The van der Waals surface area contributed by atoms with E-state index in [-0.39, 0.29) is 63.4 Å². The van der Waals surface area contributed by atoms with Crippen LogP contribution < -0.4 is 0 Å². The molecule has 0 rings (SSSR count). The Hall–Kier alpha value is -1.18. The van der Waals surface area contributed by atoms with Gasteiger partial charge in [0.25, 0.3) is 0 Å². The lowest BCUT2D eigenvalue weighted by atomic mass is 10.3. The molecule has 0 spiro atoms. The van der Waals surface area contributed by atoms with Crippen LogP contribution in [0.4, 0.5) is 0 Å². The van der Waals surface area contributed by atoms with Crippen molar-refractivity contribution in [2.75, 3.05) is 40.6 Å². The summed E-state index contributed by atoms with van der Waals surface area (Å²) in [7, 11) is 3.07. The van der Waals surface area contributed by atoms with Gasteiger partial charge in [0.05, 0.1) is 38.3 Å². The second-order valence-corrected chi connectivity index (χ2v) is 4.55. The number of rotatable bonds is 12. The molecule has 7 nitrogen and oxygen atoms in total. The summed E-state index contributed by atoms with van der Waals surface area (Å²) in [5, 5.41) is 0. The molecule has 0 aliphatic carbocycles. The number of methoxy groups -OCH3 is 2. The zero-order chi connectivity index (χ0) is 16.1. The van der Waals surface area contributed by atoms with E-state index in [1.54, 1.807) is 13.8 Å². The monoisotopic (exact) mass is 306 g/mol. The third-order valence-corrected chi connectivity index (χ3v) is 2.69. The molecule has 0 bridgehead atoms. The van der Waals surface area contributed by atoms with Crippen LogP contribution in [0.15, 0.2) is 0 Å². The third-order valence-electron chi connectivity index (χ3n) is 2.69. The fraction of sp³-hybridized carbons (Fsp3) is 0.857. The Morgan fingerprint density at radius 1 is 0.762 bits per heavy atom. The SMILES string of the molecule is COC(C)CC(=O)OCCOCCOC(=O)CC(C)OC. The van der Waals surface area contributed by atoms with Gasteiger partial charge in [-0.1, -0.05) is 0 Å². The topological polar surface area (TPSA) is 80.3 Å². The van der Waals surface area contributed by atoms with Crippen molar-refractivity contribution in [2.24, 2.45) is 0 Å². The molecule has 0 saturated carbocycles. The van der Waals surface area contributed by atoms with Gasteiger partial charge in [0, 0.05) is 14.2 Å². The summed E-state index contributed by atoms with van der Waals surface area (Å²) >= 11 is 0. The molecule has 0 heterocycles. The summed E-state index contributed by atoms with van der Waals surface area (Å²) in [5.41, 5.74) is 0. The van der Waals surface area contributed by atoms with Gasteiger partial charge in [-0.15, -0.1) is 0 Å². The molecule has 124 valence electrons. The predicted molar refractivity (Wildman–Crippen MR) is 74.9 cm³/mol. The molecule has 7 heteroatoms. The lowest BCUT2D eigenvalue weighted by molar-refractivity contribution is -0.149. The fourth-order valence-electron chi connectivity index (χ4n) is 1.28. The largest absolute Gasteiger partial charge is 0.463 e. The van der Waals surface area contributed by atoms with Gasteiger partial charge >= 0.3 is 11.9 Å². The van der Waals surface area contributed by atoms with E-state index < -0.39 is 0 Å². The molecular formula is C14H26O7. The molecule has 0 aliphatic rings. The summed E-state index contributed by atoms with van der Waals surface area (Å²) in [6.07, 6.45) is 0.108. The van der Waals surface area contributed by atoms with E-state index in [0.717, 1.165) is 0 Å². The first-order valence-corrected chi connectivity index (χ1v) is 6.94. The van der Waals surface area contributed by atoms with E-state index in [2.05, 4.69) is 0 Å². The molecule has 0 radical (unpaired) electrons. The first-order valence-electron chi connectivity index (χ1n) is 6.94. The standard InChI is InChI=1S/C14H26O7/c1-11(17-3)9-13(15)20-7-5-19-6-8-21-14(16)10-12(2)18-4/h11-12H,5-10H2,1-4H3. The Balaban J connectivity index is 3.40. The average Bonchev–Trinajstić information content (AvgIpc) is 2.45. The van der Waals surface area contributed by atoms with Crippen LogP contribution in [0.5, 0.6) is 0 Å². The van der Waals surface area contributed by atoms with E-state index >= 15 is 0 Å². The van der Waals surface area contributed by atoms with Gasteiger partial charge in [0.15, 0.2) is 0 Å². The molecule has 0 amide bonds. The molecule has 0 N–H and O–H groups in total. The van der Waals surface area contributed by atoms with E-state index in [4.69, 9.17) is 23.7 Å². The number of hydrogen-bond acceptors (Lipinski definition) is 7. The van der Waals surface area contributed by atoms with Crippen molar-refractivity contribution in [3.8, 4) is 0 Å². The molecule has 2 atom stereocenters. The molecule has 2 unspecified atom stereocenters. The van der Waals surface area contributed by atoms with Crippen molar-refractivity contribution in [2.45, 2.75) is 38.9 Å². The highest BCUT2D eigenvalue weighted by Crippen LogP contribution is 1.98. The normalized spacial score (nSPS) is 13.5. The van der Waals surface area contributed by atoms with E-state index in [0.29, 0.717) is 0 Å².